The Labute approximate surface area is 74.5 Å². The largest absolute Gasteiger partial charge is 0.370 e. The maximum atomic E-state index is 5.62. The Balaban J connectivity index is 2.32. The van der Waals surface area contributed by atoms with E-state index in [1.54, 1.807) is 0 Å². The average Bonchev–Trinajstić information content (AvgIpc) is 2.64. The molecule has 1 aromatic heterocycles. The van der Waals surface area contributed by atoms with E-state index in [-0.39, 0.29) is 6.10 Å². The van der Waals surface area contributed by atoms with E-state index >= 15 is 0 Å². The molecule has 2 heterocycles. The molecule has 1 fully saturated rings. The first-order chi connectivity index (χ1) is 5.79. The van der Waals surface area contributed by atoms with Crippen LogP contribution in [0.15, 0.2) is 0 Å². The summed E-state index contributed by atoms with van der Waals surface area (Å²) in [5.41, 5.74) is 0. The fourth-order valence-corrected chi connectivity index (χ4v) is 1.46. The van der Waals surface area contributed by atoms with Crippen LogP contribution in [-0.4, -0.2) is 21.5 Å². The Hall–Kier alpha value is -0.880. The molecule has 0 unspecified atom stereocenters. The molecule has 0 amide bonds. The zero-order valence-corrected chi connectivity index (χ0v) is 7.30. The first-order valence-corrected chi connectivity index (χ1v) is 4.24. The summed E-state index contributed by atoms with van der Waals surface area (Å²) >= 11 is 4.87. The second kappa shape index (κ2) is 2.87. The van der Waals surface area contributed by atoms with E-state index in [4.69, 9.17) is 22.8 Å². The van der Waals surface area contributed by atoms with Gasteiger partial charge in [0.1, 0.15) is 6.10 Å². The summed E-state index contributed by atoms with van der Waals surface area (Å²) in [6, 6.07) is 0. The average molecular weight is 186 g/mol. The predicted molar refractivity (Wildman–Crippen MR) is 45.5 cm³/mol. The molecule has 1 aliphatic heterocycles. The smallest absolute Gasteiger partial charge is 0.214 e. The number of ether oxygens (including phenoxy) is 1. The molecular weight excluding hydrogens is 176 g/mol. The summed E-state index contributed by atoms with van der Waals surface area (Å²) in [4.78, 5) is 0. The molecule has 1 aromatic rings. The highest BCUT2D eigenvalue weighted by atomic mass is 32.1. The summed E-state index contributed by atoms with van der Waals surface area (Å²) in [6.07, 6.45) is 2.05. The molecule has 1 saturated heterocycles. The minimum atomic E-state index is 0.0166. The van der Waals surface area contributed by atoms with Crippen LogP contribution in [0.25, 0.3) is 0 Å². The number of rotatable bonds is 1. The molecule has 1 aliphatic rings. The minimum Gasteiger partial charge on any atom is -0.370 e. The van der Waals surface area contributed by atoms with Gasteiger partial charge in [0.15, 0.2) is 5.82 Å². The molecule has 0 bridgehead atoms. The van der Waals surface area contributed by atoms with E-state index in [2.05, 4.69) is 10.2 Å². The van der Waals surface area contributed by atoms with Crippen molar-refractivity contribution in [3.63, 3.8) is 0 Å². The lowest BCUT2D eigenvalue weighted by Gasteiger charge is -2.06. The van der Waals surface area contributed by atoms with Gasteiger partial charge in [-0.25, -0.2) is 4.68 Å². The zero-order chi connectivity index (χ0) is 8.55. The number of hydrogen-bond acceptors (Lipinski definition) is 4. The van der Waals surface area contributed by atoms with E-state index in [9.17, 15) is 0 Å². The summed E-state index contributed by atoms with van der Waals surface area (Å²) in [7, 11) is 0. The van der Waals surface area contributed by atoms with Crippen LogP contribution in [0.5, 0.6) is 0 Å². The molecule has 0 aromatic carbocycles. The Morgan fingerprint density at radius 2 is 2.58 bits per heavy atom. The van der Waals surface area contributed by atoms with Crippen LogP contribution in [0.3, 0.4) is 0 Å². The second-order valence-corrected chi connectivity index (χ2v) is 3.15. The van der Waals surface area contributed by atoms with Crippen LogP contribution in [0.4, 0.5) is 0 Å². The van der Waals surface area contributed by atoms with Gasteiger partial charge in [-0.15, -0.1) is 0 Å². The molecule has 1 atom stereocenters. The monoisotopic (exact) mass is 186 g/mol. The van der Waals surface area contributed by atoms with Gasteiger partial charge in [0.2, 0.25) is 4.77 Å². The molecule has 6 heteroatoms. The molecule has 0 spiro atoms. The van der Waals surface area contributed by atoms with Gasteiger partial charge in [0.25, 0.3) is 0 Å². The maximum absolute atomic E-state index is 5.62. The van der Waals surface area contributed by atoms with Gasteiger partial charge in [0.05, 0.1) is 0 Å². The van der Waals surface area contributed by atoms with E-state index in [0.717, 1.165) is 19.4 Å². The number of hydrogen-bond donors (Lipinski definition) is 2. The summed E-state index contributed by atoms with van der Waals surface area (Å²) in [5, 5.41) is 6.62. The van der Waals surface area contributed by atoms with Gasteiger partial charge < -0.3 is 10.6 Å². The highest BCUT2D eigenvalue weighted by molar-refractivity contribution is 7.71. The van der Waals surface area contributed by atoms with E-state index in [1.807, 2.05) is 0 Å². The van der Waals surface area contributed by atoms with E-state index in [1.165, 1.54) is 4.68 Å². The first kappa shape index (κ1) is 7.75. The Morgan fingerprint density at radius 1 is 1.75 bits per heavy atom. The zero-order valence-electron chi connectivity index (χ0n) is 6.49. The van der Waals surface area contributed by atoms with Crippen molar-refractivity contribution in [3.05, 3.63) is 10.6 Å². The van der Waals surface area contributed by atoms with Gasteiger partial charge in [-0.1, -0.05) is 0 Å². The van der Waals surface area contributed by atoms with Crippen LogP contribution < -0.4 is 5.84 Å². The third kappa shape index (κ3) is 1.12. The molecule has 0 aliphatic carbocycles. The number of nitrogens with zero attached hydrogens (tertiary/aromatic N) is 2. The fraction of sp³-hybridized carbons (Fsp3) is 0.667. The Bertz CT molecular complexity index is 325. The molecule has 0 saturated carbocycles. The lowest BCUT2D eigenvalue weighted by Crippen LogP contribution is -2.15. The van der Waals surface area contributed by atoms with Crippen molar-refractivity contribution in [2.75, 3.05) is 12.4 Å². The summed E-state index contributed by atoms with van der Waals surface area (Å²) in [6.45, 7) is 0.782. The number of aromatic nitrogens is 3. The predicted octanol–water partition coefficient (Wildman–Crippen LogP) is 0.506. The molecule has 12 heavy (non-hydrogen) atoms. The molecule has 5 nitrogen and oxygen atoms in total. The number of nitrogens with one attached hydrogen (secondary N) is 1. The SMILES string of the molecule is Nn1c([C@H]2CCCO2)n[nH]c1=S. The van der Waals surface area contributed by atoms with Gasteiger partial charge >= 0.3 is 0 Å². The maximum Gasteiger partial charge on any atom is 0.214 e. The Kier molecular flexibility index (Phi) is 1.86. The third-order valence-corrected chi connectivity index (χ3v) is 2.24. The second-order valence-electron chi connectivity index (χ2n) is 2.76. The van der Waals surface area contributed by atoms with Gasteiger partial charge in [-0.3, -0.25) is 5.10 Å². The van der Waals surface area contributed by atoms with E-state index in [0.29, 0.717) is 10.6 Å². The number of nitrogen functional groups attached to an aromatic ring is 1. The summed E-state index contributed by atoms with van der Waals surface area (Å²) in [5.74, 6) is 6.31. The van der Waals surface area contributed by atoms with Gasteiger partial charge in [-0.2, -0.15) is 5.10 Å². The molecule has 2 rings (SSSR count). The van der Waals surface area contributed by atoms with Crippen molar-refractivity contribution in [3.8, 4) is 0 Å². The lowest BCUT2D eigenvalue weighted by atomic mass is 10.2. The summed E-state index contributed by atoms with van der Waals surface area (Å²) < 4.78 is 7.20. The van der Waals surface area contributed by atoms with Crippen molar-refractivity contribution in [2.24, 2.45) is 0 Å². The lowest BCUT2D eigenvalue weighted by molar-refractivity contribution is 0.103. The molecule has 3 N–H and O–H groups in total. The van der Waals surface area contributed by atoms with Crippen molar-refractivity contribution < 1.29 is 4.74 Å². The minimum absolute atomic E-state index is 0.0166. The van der Waals surface area contributed by atoms with Crippen molar-refractivity contribution in [2.45, 2.75) is 18.9 Å². The highest BCUT2D eigenvalue weighted by Crippen LogP contribution is 2.25. The topological polar surface area (TPSA) is 68.9 Å². The first-order valence-electron chi connectivity index (χ1n) is 3.83. The van der Waals surface area contributed by atoms with Crippen molar-refractivity contribution >= 4 is 12.2 Å². The molecular formula is C6H10N4OS. The third-order valence-electron chi connectivity index (χ3n) is 1.95. The van der Waals surface area contributed by atoms with Crippen LogP contribution >= 0.6 is 12.2 Å². The Morgan fingerprint density at radius 3 is 3.08 bits per heavy atom. The van der Waals surface area contributed by atoms with Gasteiger partial charge in [0, 0.05) is 6.61 Å². The number of aromatic amines is 1. The van der Waals surface area contributed by atoms with Crippen molar-refractivity contribution in [1.82, 2.24) is 14.9 Å². The number of H-pyrrole nitrogens is 1. The normalized spacial score (nSPS) is 23.2. The van der Waals surface area contributed by atoms with Crippen LogP contribution in [0.2, 0.25) is 0 Å². The van der Waals surface area contributed by atoms with Crippen LogP contribution in [0.1, 0.15) is 24.8 Å². The fourth-order valence-electron chi connectivity index (χ4n) is 1.33. The standard InChI is InChI=1S/C6H10N4OS/c7-10-5(8-9-6(10)12)4-2-1-3-11-4/h4H,1-3,7H2,(H,9,12)/t4-/m1/s1. The van der Waals surface area contributed by atoms with Gasteiger partial charge in [-0.05, 0) is 25.1 Å². The number of nitrogens with two attached hydrogens (primary N) is 1. The van der Waals surface area contributed by atoms with Crippen molar-refractivity contribution in [1.29, 1.82) is 0 Å². The van der Waals surface area contributed by atoms with Crippen LogP contribution in [-0.2, 0) is 4.74 Å². The van der Waals surface area contributed by atoms with Crippen LogP contribution in [0, 0.1) is 4.77 Å². The molecule has 66 valence electrons. The highest BCUT2D eigenvalue weighted by Gasteiger charge is 2.22. The molecule has 0 radical (unpaired) electrons. The van der Waals surface area contributed by atoms with E-state index < -0.39 is 0 Å². The quantitative estimate of drug-likeness (QED) is 0.495.